The van der Waals surface area contributed by atoms with Gasteiger partial charge < -0.3 is 9.64 Å². The Labute approximate surface area is 188 Å². The molecule has 0 bridgehead atoms. The second kappa shape index (κ2) is 8.87. The maximum atomic E-state index is 13.3. The van der Waals surface area contributed by atoms with Gasteiger partial charge in [-0.15, -0.1) is 0 Å². The van der Waals surface area contributed by atoms with Crippen molar-refractivity contribution in [3.05, 3.63) is 90.3 Å². The fourth-order valence-corrected chi connectivity index (χ4v) is 4.71. The van der Waals surface area contributed by atoms with Crippen LogP contribution in [0.1, 0.15) is 36.7 Å². The summed E-state index contributed by atoms with van der Waals surface area (Å²) < 4.78 is 7.45. The molecule has 1 atom stereocenters. The summed E-state index contributed by atoms with van der Waals surface area (Å²) in [6.45, 7) is 0.810. The van der Waals surface area contributed by atoms with Gasteiger partial charge in [-0.3, -0.25) is 9.36 Å². The van der Waals surface area contributed by atoms with E-state index >= 15 is 0 Å². The number of hydrogen-bond donors (Lipinski definition) is 0. The van der Waals surface area contributed by atoms with E-state index in [9.17, 15) is 4.79 Å². The van der Waals surface area contributed by atoms with Crippen LogP contribution in [0.2, 0.25) is 0 Å². The van der Waals surface area contributed by atoms with Gasteiger partial charge in [0.25, 0.3) is 0 Å². The Bertz CT molecular complexity index is 1210. The van der Waals surface area contributed by atoms with Crippen molar-refractivity contribution in [2.24, 2.45) is 0 Å². The molecular formula is C27H27N3O2. The van der Waals surface area contributed by atoms with Gasteiger partial charge in [0.1, 0.15) is 11.6 Å². The average molecular weight is 426 g/mol. The van der Waals surface area contributed by atoms with Gasteiger partial charge in [-0.05, 0) is 54.8 Å². The van der Waals surface area contributed by atoms with E-state index in [1.807, 2.05) is 53.4 Å². The molecule has 1 unspecified atom stereocenters. The Hall–Kier alpha value is -3.60. The van der Waals surface area contributed by atoms with Gasteiger partial charge >= 0.3 is 0 Å². The molecule has 1 fully saturated rings. The summed E-state index contributed by atoms with van der Waals surface area (Å²) in [6.07, 6.45) is 3.09. The largest absolute Gasteiger partial charge is 0.497 e. The number of carbonyl (C=O) groups is 1. The highest BCUT2D eigenvalue weighted by atomic mass is 16.5. The standard InChI is InChI=1S/C27H27N3O2/c1-32-22-15-13-20(14-16-22)24-12-7-19-29(24)27(31)18-17-26-28-23-10-5-6-11-25(23)30(26)21-8-3-2-4-9-21/h2-6,8-11,13-16,24H,7,12,17-19H2,1H3. The Morgan fingerprint density at radius 2 is 1.75 bits per heavy atom. The molecule has 0 spiro atoms. The predicted octanol–water partition coefficient (Wildman–Crippen LogP) is 5.33. The lowest BCUT2D eigenvalue weighted by atomic mass is 10.0. The number of methoxy groups -OCH3 is 1. The zero-order chi connectivity index (χ0) is 21.9. The van der Waals surface area contributed by atoms with Crippen molar-refractivity contribution in [2.75, 3.05) is 13.7 Å². The van der Waals surface area contributed by atoms with Crippen molar-refractivity contribution in [3.63, 3.8) is 0 Å². The molecule has 5 heteroatoms. The van der Waals surface area contributed by atoms with Crippen LogP contribution in [-0.2, 0) is 11.2 Å². The van der Waals surface area contributed by atoms with E-state index in [-0.39, 0.29) is 11.9 Å². The normalized spacial score (nSPS) is 15.9. The second-order valence-corrected chi connectivity index (χ2v) is 8.21. The molecule has 1 aromatic heterocycles. The third kappa shape index (κ3) is 3.86. The van der Waals surface area contributed by atoms with Crippen LogP contribution in [0.5, 0.6) is 5.75 Å². The number of hydrogen-bond acceptors (Lipinski definition) is 3. The predicted molar refractivity (Wildman–Crippen MR) is 126 cm³/mol. The third-order valence-corrected chi connectivity index (χ3v) is 6.28. The first kappa shape index (κ1) is 20.3. The highest BCUT2D eigenvalue weighted by molar-refractivity contribution is 5.79. The molecule has 1 saturated heterocycles. The summed E-state index contributed by atoms with van der Waals surface area (Å²) in [6, 6.07) is 26.6. The summed E-state index contributed by atoms with van der Waals surface area (Å²) in [4.78, 5) is 20.2. The van der Waals surface area contributed by atoms with E-state index in [0.29, 0.717) is 12.8 Å². The van der Waals surface area contributed by atoms with E-state index in [4.69, 9.17) is 9.72 Å². The van der Waals surface area contributed by atoms with E-state index in [2.05, 4.69) is 34.9 Å². The molecule has 0 N–H and O–H groups in total. The van der Waals surface area contributed by atoms with E-state index in [0.717, 1.165) is 47.7 Å². The zero-order valence-electron chi connectivity index (χ0n) is 18.3. The fraction of sp³-hybridized carbons (Fsp3) is 0.259. The van der Waals surface area contributed by atoms with Gasteiger partial charge in [-0.2, -0.15) is 0 Å². The molecule has 5 nitrogen and oxygen atoms in total. The monoisotopic (exact) mass is 425 g/mol. The number of aryl methyl sites for hydroxylation is 1. The van der Waals surface area contributed by atoms with Crippen LogP contribution in [0.15, 0.2) is 78.9 Å². The lowest BCUT2D eigenvalue weighted by molar-refractivity contribution is -0.132. The van der Waals surface area contributed by atoms with Crippen molar-refractivity contribution in [1.82, 2.24) is 14.5 Å². The Balaban J connectivity index is 1.37. The van der Waals surface area contributed by atoms with Crippen LogP contribution >= 0.6 is 0 Å². The highest BCUT2D eigenvalue weighted by Crippen LogP contribution is 2.33. The molecule has 0 radical (unpaired) electrons. The SMILES string of the molecule is COc1ccc(C2CCCN2C(=O)CCc2nc3ccccc3n2-c2ccccc2)cc1. The van der Waals surface area contributed by atoms with Crippen molar-refractivity contribution < 1.29 is 9.53 Å². The summed E-state index contributed by atoms with van der Waals surface area (Å²) in [5.74, 6) is 1.95. The first-order valence-electron chi connectivity index (χ1n) is 11.2. The molecule has 0 saturated carbocycles. The topological polar surface area (TPSA) is 47.4 Å². The van der Waals surface area contributed by atoms with Crippen molar-refractivity contribution in [2.45, 2.75) is 31.7 Å². The first-order chi connectivity index (χ1) is 15.7. The van der Waals surface area contributed by atoms with Gasteiger partial charge in [-0.1, -0.05) is 42.5 Å². The molecular weight excluding hydrogens is 398 g/mol. The number of para-hydroxylation sites is 3. The summed E-state index contributed by atoms with van der Waals surface area (Å²) in [5, 5.41) is 0. The second-order valence-electron chi connectivity index (χ2n) is 8.21. The van der Waals surface area contributed by atoms with Crippen LogP contribution in [0.4, 0.5) is 0 Å². The van der Waals surface area contributed by atoms with Crippen molar-refractivity contribution in [1.29, 1.82) is 0 Å². The molecule has 0 aliphatic carbocycles. The number of fused-ring (bicyclic) bond motifs is 1. The van der Waals surface area contributed by atoms with Gasteiger partial charge in [0.2, 0.25) is 5.91 Å². The van der Waals surface area contributed by atoms with E-state index < -0.39 is 0 Å². The molecule has 3 aromatic carbocycles. The summed E-state index contributed by atoms with van der Waals surface area (Å²) >= 11 is 0. The van der Waals surface area contributed by atoms with E-state index in [1.54, 1.807) is 7.11 Å². The summed E-state index contributed by atoms with van der Waals surface area (Å²) in [5.41, 5.74) is 4.27. The van der Waals surface area contributed by atoms with Gasteiger partial charge in [-0.25, -0.2) is 4.98 Å². The number of benzene rings is 3. The summed E-state index contributed by atoms with van der Waals surface area (Å²) in [7, 11) is 1.67. The number of carbonyl (C=O) groups excluding carboxylic acids is 1. The van der Waals surface area contributed by atoms with Crippen LogP contribution in [0, 0.1) is 0 Å². The minimum atomic E-state index is 0.140. The molecule has 5 rings (SSSR count). The van der Waals surface area contributed by atoms with Gasteiger partial charge in [0.05, 0.1) is 24.2 Å². The minimum absolute atomic E-state index is 0.140. The van der Waals surface area contributed by atoms with Crippen LogP contribution < -0.4 is 4.74 Å². The van der Waals surface area contributed by atoms with Crippen LogP contribution in [-0.4, -0.2) is 34.0 Å². The quantitative estimate of drug-likeness (QED) is 0.419. The molecule has 32 heavy (non-hydrogen) atoms. The molecule has 2 heterocycles. The lowest BCUT2D eigenvalue weighted by Gasteiger charge is -2.25. The van der Waals surface area contributed by atoms with Gasteiger partial charge in [0.15, 0.2) is 0 Å². The van der Waals surface area contributed by atoms with E-state index in [1.165, 1.54) is 5.56 Å². The molecule has 1 aliphatic heterocycles. The van der Waals surface area contributed by atoms with Crippen molar-refractivity contribution in [3.8, 4) is 11.4 Å². The molecule has 4 aromatic rings. The Kier molecular flexibility index (Phi) is 5.63. The number of rotatable bonds is 6. The zero-order valence-corrected chi connectivity index (χ0v) is 18.3. The molecule has 1 amide bonds. The smallest absolute Gasteiger partial charge is 0.223 e. The highest BCUT2D eigenvalue weighted by Gasteiger charge is 2.30. The number of imidazole rings is 1. The minimum Gasteiger partial charge on any atom is -0.497 e. The van der Waals surface area contributed by atoms with Gasteiger partial charge in [0, 0.05) is 25.1 Å². The Morgan fingerprint density at radius 1 is 1.00 bits per heavy atom. The van der Waals surface area contributed by atoms with Crippen molar-refractivity contribution >= 4 is 16.9 Å². The fourth-order valence-electron chi connectivity index (χ4n) is 4.71. The molecule has 162 valence electrons. The first-order valence-corrected chi connectivity index (χ1v) is 11.2. The average Bonchev–Trinajstić information content (AvgIpc) is 3.48. The number of nitrogens with zero attached hydrogens (tertiary/aromatic N) is 3. The number of aromatic nitrogens is 2. The maximum Gasteiger partial charge on any atom is 0.223 e. The number of amides is 1. The van der Waals surface area contributed by atoms with Crippen LogP contribution in [0.3, 0.4) is 0 Å². The molecule has 1 aliphatic rings. The third-order valence-electron chi connectivity index (χ3n) is 6.28. The Morgan fingerprint density at radius 3 is 2.53 bits per heavy atom. The number of ether oxygens (including phenoxy) is 1. The maximum absolute atomic E-state index is 13.3. The number of likely N-dealkylation sites (tertiary alicyclic amines) is 1. The van der Waals surface area contributed by atoms with Crippen LogP contribution in [0.25, 0.3) is 16.7 Å². The lowest BCUT2D eigenvalue weighted by Crippen LogP contribution is -2.30.